The van der Waals surface area contributed by atoms with Gasteiger partial charge in [0.05, 0.1) is 25.2 Å². The summed E-state index contributed by atoms with van der Waals surface area (Å²) in [4.78, 5) is 0. The van der Waals surface area contributed by atoms with Gasteiger partial charge in [0, 0.05) is 12.8 Å². The summed E-state index contributed by atoms with van der Waals surface area (Å²) in [5.41, 5.74) is 0. The lowest BCUT2D eigenvalue weighted by molar-refractivity contribution is -0.696. The van der Waals surface area contributed by atoms with Crippen LogP contribution in [0.15, 0.2) is 18.7 Å². The minimum atomic E-state index is 0. The van der Waals surface area contributed by atoms with Gasteiger partial charge in [-0.15, -0.1) is 0 Å². The lowest BCUT2D eigenvalue weighted by Crippen LogP contribution is -3.00. The van der Waals surface area contributed by atoms with E-state index in [1.165, 1.54) is 0 Å². The Hall–Kier alpha value is -1.52. The summed E-state index contributed by atoms with van der Waals surface area (Å²) in [6, 6.07) is 4.26. The van der Waals surface area contributed by atoms with E-state index in [9.17, 15) is 0 Å². The number of aryl methyl sites for hydroxylation is 2. The standard InChI is InChI=1S/C11H15N4.ClH/c12-5-1-3-7-14-9-10-15(11-14)8-4-2-6-13;/h9-11H,1-4,7-8H2;1H/q+1;/p-1. The van der Waals surface area contributed by atoms with Crippen LogP contribution >= 0.6 is 0 Å². The molecule has 0 aromatic carbocycles. The highest BCUT2D eigenvalue weighted by Gasteiger charge is 2.02. The monoisotopic (exact) mass is 238 g/mol. The molecule has 0 saturated heterocycles. The van der Waals surface area contributed by atoms with E-state index in [2.05, 4.69) is 21.3 Å². The molecule has 0 amide bonds. The first kappa shape index (κ1) is 14.5. The summed E-state index contributed by atoms with van der Waals surface area (Å²) in [6.45, 7) is 1.78. The van der Waals surface area contributed by atoms with Crippen LogP contribution in [0.5, 0.6) is 0 Å². The summed E-state index contributed by atoms with van der Waals surface area (Å²) >= 11 is 0. The fraction of sp³-hybridized carbons (Fsp3) is 0.545. The summed E-state index contributed by atoms with van der Waals surface area (Å²) < 4.78 is 4.15. The predicted octanol–water partition coefficient (Wildman–Crippen LogP) is -1.61. The van der Waals surface area contributed by atoms with E-state index in [-0.39, 0.29) is 12.4 Å². The van der Waals surface area contributed by atoms with Crippen LogP contribution in [0, 0.1) is 22.7 Å². The number of imidazole rings is 1. The first-order chi connectivity index (χ1) is 7.36. The number of aromatic nitrogens is 2. The molecule has 1 rings (SSSR count). The molecular formula is C11H15ClN4. The maximum atomic E-state index is 8.40. The molecular weight excluding hydrogens is 224 g/mol. The van der Waals surface area contributed by atoms with Crippen LogP contribution in [0.4, 0.5) is 0 Å². The number of nitrogens with zero attached hydrogens (tertiary/aromatic N) is 4. The van der Waals surface area contributed by atoms with Crippen LogP contribution in [-0.4, -0.2) is 4.57 Å². The minimum Gasteiger partial charge on any atom is -1.00 e. The molecule has 86 valence electrons. The third-order valence-corrected chi connectivity index (χ3v) is 2.16. The average Bonchev–Trinajstić information content (AvgIpc) is 2.67. The van der Waals surface area contributed by atoms with E-state index >= 15 is 0 Å². The third kappa shape index (κ3) is 5.38. The molecule has 0 radical (unpaired) electrons. The van der Waals surface area contributed by atoms with Gasteiger partial charge in [0.2, 0.25) is 6.33 Å². The largest absolute Gasteiger partial charge is 1.00 e. The van der Waals surface area contributed by atoms with Crippen molar-refractivity contribution in [1.29, 1.82) is 10.5 Å². The fourth-order valence-electron chi connectivity index (χ4n) is 1.38. The average molecular weight is 239 g/mol. The van der Waals surface area contributed by atoms with Crippen molar-refractivity contribution >= 4 is 0 Å². The summed E-state index contributed by atoms with van der Waals surface area (Å²) in [6.07, 6.45) is 9.02. The Bertz CT molecular complexity index is 338. The summed E-state index contributed by atoms with van der Waals surface area (Å²) in [5.74, 6) is 0. The van der Waals surface area contributed by atoms with Crippen LogP contribution in [0.25, 0.3) is 0 Å². The predicted molar refractivity (Wildman–Crippen MR) is 54.3 cm³/mol. The molecule has 0 bridgehead atoms. The number of halogens is 1. The van der Waals surface area contributed by atoms with Crippen LogP contribution in [-0.2, 0) is 13.1 Å². The van der Waals surface area contributed by atoms with E-state index in [0.717, 1.165) is 25.9 Å². The quantitative estimate of drug-likeness (QED) is 0.442. The summed E-state index contributed by atoms with van der Waals surface area (Å²) in [5, 5.41) is 16.8. The molecule has 0 saturated carbocycles. The van der Waals surface area contributed by atoms with Gasteiger partial charge in [-0.25, -0.2) is 9.13 Å². The second-order valence-electron chi connectivity index (χ2n) is 3.41. The Balaban J connectivity index is 0.00000225. The van der Waals surface area contributed by atoms with Gasteiger partial charge in [0.25, 0.3) is 0 Å². The van der Waals surface area contributed by atoms with Gasteiger partial charge in [-0.2, -0.15) is 10.5 Å². The first-order valence-corrected chi connectivity index (χ1v) is 5.15. The zero-order valence-corrected chi connectivity index (χ0v) is 9.90. The van der Waals surface area contributed by atoms with Gasteiger partial charge in [0.15, 0.2) is 0 Å². The first-order valence-electron chi connectivity index (χ1n) is 5.15. The van der Waals surface area contributed by atoms with Crippen LogP contribution in [0.2, 0.25) is 0 Å². The Morgan fingerprint density at radius 3 is 2.50 bits per heavy atom. The molecule has 1 heterocycles. The van der Waals surface area contributed by atoms with Gasteiger partial charge in [0.1, 0.15) is 12.4 Å². The number of nitriles is 2. The van der Waals surface area contributed by atoms with Crippen molar-refractivity contribution in [1.82, 2.24) is 4.57 Å². The second-order valence-corrected chi connectivity index (χ2v) is 3.41. The van der Waals surface area contributed by atoms with Crippen LogP contribution in [0.3, 0.4) is 0 Å². The molecule has 0 N–H and O–H groups in total. The highest BCUT2D eigenvalue weighted by atomic mass is 35.5. The zero-order chi connectivity index (χ0) is 10.9. The normalized spacial score (nSPS) is 8.88. The third-order valence-electron chi connectivity index (χ3n) is 2.16. The van der Waals surface area contributed by atoms with Gasteiger partial charge in [-0.1, -0.05) is 0 Å². The topological polar surface area (TPSA) is 56.4 Å². The van der Waals surface area contributed by atoms with Crippen LogP contribution in [0.1, 0.15) is 25.7 Å². The molecule has 1 aromatic rings. The fourth-order valence-corrected chi connectivity index (χ4v) is 1.38. The van der Waals surface area contributed by atoms with Gasteiger partial charge < -0.3 is 12.4 Å². The molecule has 0 fully saturated rings. The van der Waals surface area contributed by atoms with E-state index in [4.69, 9.17) is 10.5 Å². The van der Waals surface area contributed by atoms with Crippen LogP contribution < -0.4 is 17.0 Å². The molecule has 4 nitrogen and oxygen atoms in total. The van der Waals surface area contributed by atoms with Gasteiger partial charge >= 0.3 is 0 Å². The Morgan fingerprint density at radius 1 is 1.12 bits per heavy atom. The Morgan fingerprint density at radius 2 is 1.81 bits per heavy atom. The van der Waals surface area contributed by atoms with Crippen molar-refractivity contribution in [2.24, 2.45) is 0 Å². The Labute approximate surface area is 102 Å². The lowest BCUT2D eigenvalue weighted by Gasteiger charge is -1.92. The van der Waals surface area contributed by atoms with Crippen molar-refractivity contribution in [2.45, 2.75) is 38.8 Å². The highest BCUT2D eigenvalue weighted by Crippen LogP contribution is 1.94. The molecule has 0 atom stereocenters. The number of hydrogen-bond acceptors (Lipinski definition) is 2. The maximum Gasteiger partial charge on any atom is 0.243 e. The molecule has 5 heteroatoms. The van der Waals surface area contributed by atoms with Crippen molar-refractivity contribution in [3.05, 3.63) is 18.7 Å². The van der Waals surface area contributed by atoms with Crippen molar-refractivity contribution in [3.8, 4) is 12.1 Å². The second kappa shape index (κ2) is 8.76. The smallest absolute Gasteiger partial charge is 0.243 e. The van der Waals surface area contributed by atoms with E-state index < -0.39 is 0 Å². The van der Waals surface area contributed by atoms with E-state index in [1.807, 2.05) is 18.7 Å². The minimum absolute atomic E-state index is 0. The lowest BCUT2D eigenvalue weighted by atomic mass is 10.3. The van der Waals surface area contributed by atoms with Crippen molar-refractivity contribution in [2.75, 3.05) is 0 Å². The molecule has 16 heavy (non-hydrogen) atoms. The molecule has 0 aliphatic rings. The Kier molecular flexibility index (Phi) is 7.93. The number of hydrogen-bond donors (Lipinski definition) is 0. The highest BCUT2D eigenvalue weighted by molar-refractivity contribution is 4.71. The summed E-state index contributed by atoms with van der Waals surface area (Å²) in [7, 11) is 0. The van der Waals surface area contributed by atoms with Crippen molar-refractivity contribution in [3.63, 3.8) is 0 Å². The zero-order valence-electron chi connectivity index (χ0n) is 9.14. The molecule has 1 aromatic heterocycles. The SMILES string of the molecule is N#CCCCn1cc[n+](CCCC#N)c1.[Cl-]. The van der Waals surface area contributed by atoms with E-state index in [0.29, 0.717) is 12.8 Å². The van der Waals surface area contributed by atoms with Gasteiger partial charge in [-0.05, 0) is 12.8 Å². The molecule has 0 aliphatic carbocycles. The maximum absolute atomic E-state index is 8.40. The number of rotatable bonds is 6. The molecule has 0 aliphatic heterocycles. The van der Waals surface area contributed by atoms with E-state index in [1.54, 1.807) is 0 Å². The van der Waals surface area contributed by atoms with Gasteiger partial charge in [-0.3, -0.25) is 0 Å². The number of unbranched alkanes of at least 4 members (excludes halogenated alkanes) is 2. The van der Waals surface area contributed by atoms with Crippen molar-refractivity contribution < 1.29 is 17.0 Å². The molecule has 0 unspecified atom stereocenters. The molecule has 0 spiro atoms.